The van der Waals surface area contributed by atoms with Gasteiger partial charge in [0.25, 0.3) is 0 Å². The van der Waals surface area contributed by atoms with Gasteiger partial charge >= 0.3 is 0 Å². The molecule has 1 aromatic carbocycles. The lowest BCUT2D eigenvalue weighted by Crippen LogP contribution is -2.47. The summed E-state index contributed by atoms with van der Waals surface area (Å²) in [6.07, 6.45) is 4.13. The van der Waals surface area contributed by atoms with Crippen molar-refractivity contribution in [2.45, 2.75) is 56.5 Å². The van der Waals surface area contributed by atoms with Crippen molar-refractivity contribution < 1.29 is 4.79 Å². The normalized spacial score (nSPS) is 22.9. The summed E-state index contributed by atoms with van der Waals surface area (Å²) in [6, 6.07) is 8.58. The van der Waals surface area contributed by atoms with Gasteiger partial charge in [-0.3, -0.25) is 4.79 Å². The molecule has 2 rings (SSSR count). The molecule has 2 nitrogen and oxygen atoms in total. The zero-order chi connectivity index (χ0) is 14.5. The van der Waals surface area contributed by atoms with E-state index in [1.807, 2.05) is 24.3 Å². The Bertz CT molecular complexity index is 438. The zero-order valence-corrected chi connectivity index (χ0v) is 13.7. The van der Waals surface area contributed by atoms with E-state index in [-0.39, 0.29) is 0 Å². The first-order valence-electron chi connectivity index (χ1n) is 7.27. The Morgan fingerprint density at radius 2 is 1.85 bits per heavy atom. The quantitative estimate of drug-likeness (QED) is 0.757. The molecule has 1 aliphatic rings. The highest BCUT2D eigenvalue weighted by Crippen LogP contribution is 2.25. The predicted molar refractivity (Wildman–Crippen MR) is 86.4 cm³/mol. The number of piperidine rings is 1. The average Bonchev–Trinajstić information content (AvgIpc) is 2.41. The second-order valence-corrected chi connectivity index (χ2v) is 7.09. The molecule has 4 heteroatoms. The molecule has 1 aliphatic heterocycles. The number of hydrogen-bond acceptors (Lipinski definition) is 2. The molecular formula is C16H22ClNOS. The fraction of sp³-hybridized carbons (Fsp3) is 0.562. The molecule has 0 N–H and O–H groups in total. The van der Waals surface area contributed by atoms with Gasteiger partial charge in [-0.1, -0.05) is 11.6 Å². The smallest absolute Gasteiger partial charge is 0.223 e. The van der Waals surface area contributed by atoms with Crippen molar-refractivity contribution in [3.8, 4) is 0 Å². The predicted octanol–water partition coefficient (Wildman–Crippen LogP) is 4.61. The van der Waals surface area contributed by atoms with Gasteiger partial charge in [0.2, 0.25) is 5.91 Å². The lowest BCUT2D eigenvalue weighted by Gasteiger charge is -2.39. The molecule has 1 amide bonds. The van der Waals surface area contributed by atoms with Crippen LogP contribution in [-0.2, 0) is 4.79 Å². The minimum Gasteiger partial charge on any atom is -0.337 e. The number of halogens is 1. The highest BCUT2D eigenvalue weighted by Gasteiger charge is 2.28. The molecule has 1 aromatic rings. The minimum absolute atomic E-state index is 0.297. The molecule has 0 saturated carbocycles. The Kier molecular flexibility index (Phi) is 5.79. The Morgan fingerprint density at radius 3 is 2.45 bits per heavy atom. The molecule has 1 saturated heterocycles. The maximum Gasteiger partial charge on any atom is 0.223 e. The van der Waals surface area contributed by atoms with Crippen molar-refractivity contribution in [3.63, 3.8) is 0 Å². The van der Waals surface area contributed by atoms with Crippen LogP contribution < -0.4 is 0 Å². The van der Waals surface area contributed by atoms with E-state index in [9.17, 15) is 4.79 Å². The van der Waals surface area contributed by atoms with Gasteiger partial charge in [-0.2, -0.15) is 0 Å². The highest BCUT2D eigenvalue weighted by atomic mass is 35.5. The first-order chi connectivity index (χ1) is 9.58. The molecule has 20 heavy (non-hydrogen) atoms. The number of benzene rings is 1. The summed E-state index contributed by atoms with van der Waals surface area (Å²) in [6.45, 7) is 4.33. The molecule has 1 heterocycles. The lowest BCUT2D eigenvalue weighted by atomic mass is 9.97. The standard InChI is InChI=1S/C16H22ClNOS/c1-12-4-3-5-13(2)18(12)16(19)10-11-20-15-8-6-14(17)7-9-15/h6-9,12-13H,3-5,10-11H2,1-2H3. The summed E-state index contributed by atoms with van der Waals surface area (Å²) in [5.74, 6) is 1.13. The van der Waals surface area contributed by atoms with Crippen LogP contribution in [0.2, 0.25) is 5.02 Å². The Labute approximate surface area is 130 Å². The van der Waals surface area contributed by atoms with Crippen LogP contribution in [0.4, 0.5) is 0 Å². The Morgan fingerprint density at radius 1 is 1.25 bits per heavy atom. The third kappa shape index (κ3) is 4.16. The van der Waals surface area contributed by atoms with E-state index in [2.05, 4.69) is 18.7 Å². The topological polar surface area (TPSA) is 20.3 Å². The van der Waals surface area contributed by atoms with Gasteiger partial charge in [0.15, 0.2) is 0 Å². The van der Waals surface area contributed by atoms with Crippen molar-refractivity contribution in [2.24, 2.45) is 0 Å². The van der Waals surface area contributed by atoms with Gasteiger partial charge in [-0.05, 0) is 57.4 Å². The van der Waals surface area contributed by atoms with E-state index in [0.717, 1.165) is 23.6 Å². The molecule has 0 spiro atoms. The summed E-state index contributed by atoms with van der Waals surface area (Å²) < 4.78 is 0. The van der Waals surface area contributed by atoms with Crippen molar-refractivity contribution in [3.05, 3.63) is 29.3 Å². The largest absolute Gasteiger partial charge is 0.337 e. The van der Waals surface area contributed by atoms with Crippen LogP contribution in [0.3, 0.4) is 0 Å². The maximum atomic E-state index is 12.4. The molecule has 110 valence electrons. The zero-order valence-electron chi connectivity index (χ0n) is 12.1. The second kappa shape index (κ2) is 7.37. The second-order valence-electron chi connectivity index (χ2n) is 5.48. The van der Waals surface area contributed by atoms with Gasteiger partial charge in [0.05, 0.1) is 0 Å². The number of amides is 1. The summed E-state index contributed by atoms with van der Waals surface area (Å²) in [5, 5.41) is 0.751. The van der Waals surface area contributed by atoms with Crippen molar-refractivity contribution >= 4 is 29.3 Å². The van der Waals surface area contributed by atoms with Crippen LogP contribution in [0, 0.1) is 0 Å². The van der Waals surface area contributed by atoms with Gasteiger partial charge in [-0.15, -0.1) is 11.8 Å². The lowest BCUT2D eigenvalue weighted by molar-refractivity contribution is -0.136. The van der Waals surface area contributed by atoms with Crippen LogP contribution in [0.25, 0.3) is 0 Å². The molecule has 0 bridgehead atoms. The van der Waals surface area contributed by atoms with E-state index < -0.39 is 0 Å². The molecule has 0 aliphatic carbocycles. The Balaban J connectivity index is 1.81. The number of likely N-dealkylation sites (tertiary alicyclic amines) is 1. The summed E-state index contributed by atoms with van der Waals surface area (Å²) in [5.41, 5.74) is 0. The van der Waals surface area contributed by atoms with E-state index in [4.69, 9.17) is 11.6 Å². The van der Waals surface area contributed by atoms with Crippen LogP contribution in [0.1, 0.15) is 39.5 Å². The number of rotatable bonds is 4. The number of carbonyl (C=O) groups is 1. The summed E-state index contributed by atoms with van der Waals surface area (Å²) >= 11 is 7.58. The molecule has 1 fully saturated rings. The molecular weight excluding hydrogens is 290 g/mol. The Hall–Kier alpha value is -0.670. The number of carbonyl (C=O) groups excluding carboxylic acids is 1. The van der Waals surface area contributed by atoms with E-state index >= 15 is 0 Å². The summed E-state index contributed by atoms with van der Waals surface area (Å²) in [7, 11) is 0. The van der Waals surface area contributed by atoms with Crippen molar-refractivity contribution in [2.75, 3.05) is 5.75 Å². The fourth-order valence-corrected chi connectivity index (χ4v) is 3.80. The molecule has 2 atom stereocenters. The SMILES string of the molecule is CC1CCCC(C)N1C(=O)CCSc1ccc(Cl)cc1. The van der Waals surface area contributed by atoms with Crippen molar-refractivity contribution in [1.29, 1.82) is 0 Å². The molecule has 2 unspecified atom stereocenters. The summed E-state index contributed by atoms with van der Waals surface area (Å²) in [4.78, 5) is 15.6. The van der Waals surface area contributed by atoms with E-state index in [1.54, 1.807) is 11.8 Å². The van der Waals surface area contributed by atoms with Crippen LogP contribution in [0.5, 0.6) is 0 Å². The maximum absolute atomic E-state index is 12.4. The number of thioether (sulfide) groups is 1. The van der Waals surface area contributed by atoms with Crippen LogP contribution >= 0.6 is 23.4 Å². The first kappa shape index (κ1) is 15.7. The van der Waals surface area contributed by atoms with Gasteiger partial charge in [0, 0.05) is 34.2 Å². The fourth-order valence-electron chi connectivity index (χ4n) is 2.83. The third-order valence-corrected chi connectivity index (χ3v) is 5.15. The monoisotopic (exact) mass is 311 g/mol. The first-order valence-corrected chi connectivity index (χ1v) is 8.64. The van der Waals surface area contributed by atoms with Crippen molar-refractivity contribution in [1.82, 2.24) is 4.90 Å². The number of nitrogens with zero attached hydrogens (tertiary/aromatic N) is 1. The molecule has 0 aromatic heterocycles. The van der Waals surface area contributed by atoms with Gasteiger partial charge < -0.3 is 4.90 Å². The van der Waals surface area contributed by atoms with Gasteiger partial charge in [0.1, 0.15) is 0 Å². The third-order valence-electron chi connectivity index (χ3n) is 3.88. The average molecular weight is 312 g/mol. The highest BCUT2D eigenvalue weighted by molar-refractivity contribution is 7.99. The molecule has 0 radical (unpaired) electrons. The van der Waals surface area contributed by atoms with Crippen LogP contribution in [-0.4, -0.2) is 28.6 Å². The van der Waals surface area contributed by atoms with E-state index in [0.29, 0.717) is 24.4 Å². The number of hydrogen-bond donors (Lipinski definition) is 0. The van der Waals surface area contributed by atoms with Gasteiger partial charge in [-0.25, -0.2) is 0 Å². The van der Waals surface area contributed by atoms with E-state index in [1.165, 1.54) is 11.3 Å². The van der Waals surface area contributed by atoms with Crippen LogP contribution in [0.15, 0.2) is 29.2 Å². The minimum atomic E-state index is 0.297.